The fourth-order valence-corrected chi connectivity index (χ4v) is 2.53. The fraction of sp³-hybridized carbons (Fsp3) is 0. The first kappa shape index (κ1) is 11.6. The molecule has 1 N–H and O–H groups in total. The summed E-state index contributed by atoms with van der Waals surface area (Å²) >= 11 is 3.18. The Bertz CT molecular complexity index is 573. The van der Waals surface area contributed by atoms with Gasteiger partial charge in [-0.2, -0.15) is 0 Å². The predicted molar refractivity (Wildman–Crippen MR) is 68.1 cm³/mol. The van der Waals surface area contributed by atoms with E-state index in [-0.39, 0.29) is 11.4 Å². The molecule has 3 nitrogen and oxygen atoms in total. The highest BCUT2D eigenvalue weighted by Crippen LogP contribution is 2.27. The third-order valence-electron chi connectivity index (χ3n) is 1.78. The van der Waals surface area contributed by atoms with Gasteiger partial charge in [0.15, 0.2) is 0 Å². The van der Waals surface area contributed by atoms with Gasteiger partial charge in [-0.05, 0) is 40.8 Å². The first-order valence-electron chi connectivity index (χ1n) is 4.33. The van der Waals surface area contributed by atoms with E-state index < -0.39 is 0 Å². The molecule has 0 aliphatic carbocycles. The third-order valence-corrected chi connectivity index (χ3v) is 4.13. The quantitative estimate of drug-likeness (QED) is 0.671. The summed E-state index contributed by atoms with van der Waals surface area (Å²) in [6.07, 6.45) is 1.34. The lowest BCUT2D eigenvalue weighted by Crippen LogP contribution is -2.10. The molecule has 2 aromatic rings. The van der Waals surface area contributed by atoms with Crippen LogP contribution in [0.5, 0.6) is 0 Å². The molecule has 0 spiro atoms. The maximum Gasteiger partial charge on any atom is 0.265 e. The average molecular weight is 348 g/mol. The summed E-state index contributed by atoms with van der Waals surface area (Å²) in [5.41, 5.74) is -0.186. The molecule has 1 heterocycles. The SMILES string of the molecule is O=c1[nH]cnc(Sc2cccc(F)c2)c1I. The second-order valence-electron chi connectivity index (χ2n) is 2.91. The fourth-order valence-electron chi connectivity index (χ4n) is 1.08. The Morgan fingerprint density at radius 2 is 2.25 bits per heavy atom. The van der Waals surface area contributed by atoms with Crippen molar-refractivity contribution in [1.29, 1.82) is 0 Å². The van der Waals surface area contributed by atoms with Crippen LogP contribution < -0.4 is 5.56 Å². The molecule has 82 valence electrons. The van der Waals surface area contributed by atoms with Crippen LogP contribution in [0.1, 0.15) is 0 Å². The molecule has 0 saturated carbocycles. The van der Waals surface area contributed by atoms with E-state index in [1.807, 2.05) is 22.6 Å². The van der Waals surface area contributed by atoms with Gasteiger partial charge < -0.3 is 4.98 Å². The lowest BCUT2D eigenvalue weighted by molar-refractivity contribution is 0.624. The second-order valence-corrected chi connectivity index (χ2v) is 5.05. The third kappa shape index (κ3) is 2.62. The number of H-pyrrole nitrogens is 1. The molecule has 16 heavy (non-hydrogen) atoms. The van der Waals surface area contributed by atoms with Gasteiger partial charge in [0.25, 0.3) is 5.56 Å². The van der Waals surface area contributed by atoms with E-state index in [2.05, 4.69) is 9.97 Å². The first-order valence-corrected chi connectivity index (χ1v) is 6.23. The molecule has 0 aliphatic rings. The molecule has 0 aliphatic heterocycles. The number of aromatic amines is 1. The van der Waals surface area contributed by atoms with E-state index in [9.17, 15) is 9.18 Å². The zero-order valence-corrected chi connectivity index (χ0v) is 10.9. The molecule has 0 atom stereocenters. The summed E-state index contributed by atoms with van der Waals surface area (Å²) in [4.78, 5) is 18.5. The minimum atomic E-state index is -0.301. The van der Waals surface area contributed by atoms with Crippen LogP contribution in [0.2, 0.25) is 0 Å². The topological polar surface area (TPSA) is 45.8 Å². The maximum absolute atomic E-state index is 12.9. The van der Waals surface area contributed by atoms with Gasteiger partial charge in [0, 0.05) is 4.90 Å². The van der Waals surface area contributed by atoms with Crippen LogP contribution in [0, 0.1) is 9.39 Å². The van der Waals surface area contributed by atoms with E-state index in [0.717, 1.165) is 4.90 Å². The average Bonchev–Trinajstić information content (AvgIpc) is 2.25. The molecule has 0 bridgehead atoms. The van der Waals surface area contributed by atoms with Crippen molar-refractivity contribution in [3.63, 3.8) is 0 Å². The van der Waals surface area contributed by atoms with Gasteiger partial charge in [-0.1, -0.05) is 17.8 Å². The van der Waals surface area contributed by atoms with Crippen molar-refractivity contribution in [3.05, 3.63) is 50.3 Å². The van der Waals surface area contributed by atoms with Gasteiger partial charge in [-0.25, -0.2) is 9.37 Å². The molecule has 2 rings (SSSR count). The second kappa shape index (κ2) is 4.96. The molecule has 6 heteroatoms. The monoisotopic (exact) mass is 348 g/mol. The standard InChI is InChI=1S/C10H6FIN2OS/c11-6-2-1-3-7(4-6)16-10-8(12)9(15)13-5-14-10/h1-5H,(H,13,14,15). The lowest BCUT2D eigenvalue weighted by atomic mass is 10.4. The molecule has 0 amide bonds. The largest absolute Gasteiger partial charge is 0.312 e. The number of rotatable bonds is 2. The van der Waals surface area contributed by atoms with E-state index in [1.165, 1.54) is 30.2 Å². The normalized spacial score (nSPS) is 10.4. The van der Waals surface area contributed by atoms with Crippen LogP contribution in [0.3, 0.4) is 0 Å². The zero-order chi connectivity index (χ0) is 11.5. The summed E-state index contributed by atoms with van der Waals surface area (Å²) in [5.74, 6) is -0.301. The van der Waals surface area contributed by atoms with Crippen LogP contribution in [-0.4, -0.2) is 9.97 Å². The van der Waals surface area contributed by atoms with Gasteiger partial charge in [0.2, 0.25) is 0 Å². The number of nitrogens with zero attached hydrogens (tertiary/aromatic N) is 1. The van der Waals surface area contributed by atoms with Gasteiger partial charge in [-0.15, -0.1) is 0 Å². The smallest absolute Gasteiger partial charge is 0.265 e. The molecular weight excluding hydrogens is 342 g/mol. The Morgan fingerprint density at radius 3 is 3.00 bits per heavy atom. The highest BCUT2D eigenvalue weighted by Gasteiger charge is 2.07. The summed E-state index contributed by atoms with van der Waals surface area (Å²) < 4.78 is 13.5. The Labute approximate surface area is 109 Å². The van der Waals surface area contributed by atoms with Crippen molar-refractivity contribution in [3.8, 4) is 0 Å². The van der Waals surface area contributed by atoms with Crippen LogP contribution in [-0.2, 0) is 0 Å². The van der Waals surface area contributed by atoms with Crippen molar-refractivity contribution >= 4 is 34.4 Å². The molecule has 1 aromatic carbocycles. The Kier molecular flexibility index (Phi) is 3.59. The van der Waals surface area contributed by atoms with Crippen molar-refractivity contribution < 1.29 is 4.39 Å². The Hall–Kier alpha value is -0.890. The highest BCUT2D eigenvalue weighted by molar-refractivity contribution is 14.1. The van der Waals surface area contributed by atoms with Gasteiger partial charge in [0.1, 0.15) is 14.4 Å². The maximum atomic E-state index is 12.9. The summed E-state index contributed by atoms with van der Waals surface area (Å²) in [6.45, 7) is 0. The molecule has 0 unspecified atom stereocenters. The summed E-state index contributed by atoms with van der Waals surface area (Å²) in [5, 5.41) is 0.579. The van der Waals surface area contributed by atoms with E-state index in [0.29, 0.717) is 8.60 Å². The van der Waals surface area contributed by atoms with Crippen molar-refractivity contribution in [2.75, 3.05) is 0 Å². The van der Waals surface area contributed by atoms with Crippen LogP contribution in [0.4, 0.5) is 4.39 Å². The minimum Gasteiger partial charge on any atom is -0.312 e. The van der Waals surface area contributed by atoms with Crippen molar-refractivity contribution in [1.82, 2.24) is 9.97 Å². The summed E-state index contributed by atoms with van der Waals surface area (Å²) in [7, 11) is 0. The highest BCUT2D eigenvalue weighted by atomic mass is 127. The molecule has 1 aromatic heterocycles. The van der Waals surface area contributed by atoms with E-state index in [4.69, 9.17) is 0 Å². The molecule has 0 saturated heterocycles. The van der Waals surface area contributed by atoms with Crippen LogP contribution >= 0.6 is 34.4 Å². The van der Waals surface area contributed by atoms with Crippen LogP contribution in [0.15, 0.2) is 45.3 Å². The molecular formula is C10H6FIN2OS. The predicted octanol–water partition coefficient (Wildman–Crippen LogP) is 2.66. The van der Waals surface area contributed by atoms with Crippen molar-refractivity contribution in [2.45, 2.75) is 9.92 Å². The molecule has 0 fully saturated rings. The number of nitrogens with one attached hydrogen (secondary N) is 1. The van der Waals surface area contributed by atoms with Gasteiger partial charge in [0.05, 0.1) is 6.33 Å². The van der Waals surface area contributed by atoms with Crippen molar-refractivity contribution in [2.24, 2.45) is 0 Å². The minimum absolute atomic E-state index is 0.186. The Balaban J connectivity index is 2.34. The van der Waals surface area contributed by atoms with Gasteiger partial charge in [-0.3, -0.25) is 4.79 Å². The van der Waals surface area contributed by atoms with Crippen LogP contribution in [0.25, 0.3) is 0 Å². The molecule has 0 radical (unpaired) electrons. The number of hydrogen-bond donors (Lipinski definition) is 1. The van der Waals surface area contributed by atoms with E-state index >= 15 is 0 Å². The summed E-state index contributed by atoms with van der Waals surface area (Å²) in [6, 6.07) is 6.17. The zero-order valence-electron chi connectivity index (χ0n) is 7.91. The van der Waals surface area contributed by atoms with E-state index in [1.54, 1.807) is 12.1 Å². The van der Waals surface area contributed by atoms with Gasteiger partial charge >= 0.3 is 0 Å². The Morgan fingerprint density at radius 1 is 1.44 bits per heavy atom. The number of aromatic nitrogens is 2. The number of benzene rings is 1. The number of hydrogen-bond acceptors (Lipinski definition) is 3. The lowest BCUT2D eigenvalue weighted by Gasteiger charge is -2.01. The first-order chi connectivity index (χ1) is 7.66. The number of halogens is 2.